The second-order valence-electron chi connectivity index (χ2n) is 4.94. The molecule has 5 heteroatoms. The molecule has 0 atom stereocenters. The lowest BCUT2D eigenvalue weighted by atomic mass is 9.95. The first-order valence-electron chi connectivity index (χ1n) is 6.52. The summed E-state index contributed by atoms with van der Waals surface area (Å²) in [5.41, 5.74) is 1.91. The van der Waals surface area contributed by atoms with Crippen molar-refractivity contribution in [2.45, 2.75) is 19.3 Å². The Labute approximate surface area is 110 Å². The summed E-state index contributed by atoms with van der Waals surface area (Å²) in [5.74, 6) is -0.340. The first kappa shape index (κ1) is 12.2. The number of hydrogen-bond acceptors (Lipinski definition) is 3. The molecule has 1 fully saturated rings. The number of rotatable bonds is 3. The molecular weight excluding hydrogens is 244 g/mol. The van der Waals surface area contributed by atoms with Crippen LogP contribution in [0.4, 0.5) is 0 Å². The lowest BCUT2D eigenvalue weighted by molar-refractivity contribution is 0.0663. The maximum absolute atomic E-state index is 11.1. The summed E-state index contributed by atoms with van der Waals surface area (Å²) in [6, 6.07) is 5.15. The maximum Gasteiger partial charge on any atom is 0.352 e. The van der Waals surface area contributed by atoms with E-state index >= 15 is 0 Å². The van der Waals surface area contributed by atoms with Gasteiger partial charge in [-0.3, -0.25) is 4.40 Å². The van der Waals surface area contributed by atoms with Gasteiger partial charge in [0.05, 0.1) is 5.69 Å². The molecule has 0 radical (unpaired) electrons. The smallest absolute Gasteiger partial charge is 0.352 e. The van der Waals surface area contributed by atoms with Crippen molar-refractivity contribution in [3.05, 3.63) is 35.8 Å². The van der Waals surface area contributed by atoms with Crippen LogP contribution >= 0.6 is 0 Å². The molecule has 0 saturated carbocycles. The van der Waals surface area contributed by atoms with E-state index in [1.807, 2.05) is 12.3 Å². The molecule has 3 rings (SSSR count). The lowest BCUT2D eigenvalue weighted by Gasteiger charge is -2.20. The monoisotopic (exact) mass is 260 g/mol. The molecule has 0 unspecified atom stereocenters. The zero-order chi connectivity index (χ0) is 13.2. The van der Waals surface area contributed by atoms with Gasteiger partial charge in [0.15, 0.2) is 0 Å². The molecule has 1 saturated heterocycles. The number of carbonyl (C=O) groups is 1. The fourth-order valence-electron chi connectivity index (χ4n) is 2.58. The predicted octanol–water partition coefficient (Wildman–Crippen LogP) is 2.00. The number of carboxylic acids is 1. The summed E-state index contributed by atoms with van der Waals surface area (Å²) in [4.78, 5) is 15.7. The van der Waals surface area contributed by atoms with Gasteiger partial charge in [0, 0.05) is 19.4 Å². The Balaban J connectivity index is 1.88. The van der Waals surface area contributed by atoms with Crippen LogP contribution in [-0.4, -0.2) is 33.7 Å². The molecular formula is C14H16N2O3. The molecule has 0 aromatic carbocycles. The number of pyridine rings is 1. The van der Waals surface area contributed by atoms with Crippen LogP contribution in [0.5, 0.6) is 0 Å². The van der Waals surface area contributed by atoms with E-state index in [4.69, 9.17) is 9.84 Å². The van der Waals surface area contributed by atoms with Crippen molar-refractivity contribution in [3.8, 4) is 0 Å². The molecule has 1 N–H and O–H groups in total. The summed E-state index contributed by atoms with van der Waals surface area (Å²) >= 11 is 0. The quantitative estimate of drug-likeness (QED) is 0.916. The van der Waals surface area contributed by atoms with Crippen molar-refractivity contribution < 1.29 is 14.6 Å². The second-order valence-corrected chi connectivity index (χ2v) is 4.94. The zero-order valence-electron chi connectivity index (χ0n) is 10.6. The van der Waals surface area contributed by atoms with Crippen LogP contribution in [-0.2, 0) is 11.2 Å². The number of aromatic carboxylic acids is 1. The third-order valence-electron chi connectivity index (χ3n) is 3.60. The van der Waals surface area contributed by atoms with Gasteiger partial charge in [-0.1, -0.05) is 6.07 Å². The molecule has 2 aromatic heterocycles. The van der Waals surface area contributed by atoms with Gasteiger partial charge in [0.1, 0.15) is 11.3 Å². The minimum Gasteiger partial charge on any atom is -0.477 e. The molecule has 2 aromatic rings. The van der Waals surface area contributed by atoms with Crippen molar-refractivity contribution in [1.29, 1.82) is 0 Å². The van der Waals surface area contributed by atoms with Crippen molar-refractivity contribution in [1.82, 2.24) is 9.38 Å². The van der Waals surface area contributed by atoms with Crippen molar-refractivity contribution in [3.63, 3.8) is 0 Å². The van der Waals surface area contributed by atoms with E-state index < -0.39 is 5.97 Å². The Bertz CT molecular complexity index is 600. The van der Waals surface area contributed by atoms with Gasteiger partial charge in [0.2, 0.25) is 0 Å². The molecule has 100 valence electrons. The van der Waals surface area contributed by atoms with Crippen LogP contribution in [0.15, 0.2) is 24.4 Å². The molecule has 0 amide bonds. The van der Waals surface area contributed by atoms with Crippen LogP contribution in [0.25, 0.3) is 5.65 Å². The van der Waals surface area contributed by atoms with Crippen LogP contribution in [0.1, 0.15) is 29.0 Å². The normalized spacial score (nSPS) is 16.8. The summed E-state index contributed by atoms with van der Waals surface area (Å²) < 4.78 is 6.99. The third-order valence-corrected chi connectivity index (χ3v) is 3.60. The fourth-order valence-corrected chi connectivity index (χ4v) is 2.58. The number of hydrogen-bond donors (Lipinski definition) is 1. The van der Waals surface area contributed by atoms with E-state index in [-0.39, 0.29) is 5.69 Å². The highest BCUT2D eigenvalue weighted by Gasteiger charge is 2.17. The summed E-state index contributed by atoms with van der Waals surface area (Å²) in [6.07, 6.45) is 4.84. The van der Waals surface area contributed by atoms with Gasteiger partial charge in [-0.05, 0) is 37.3 Å². The van der Waals surface area contributed by atoms with E-state index in [0.717, 1.165) is 38.2 Å². The van der Waals surface area contributed by atoms with E-state index in [9.17, 15) is 4.79 Å². The molecule has 0 aliphatic carbocycles. The largest absolute Gasteiger partial charge is 0.477 e. The van der Waals surface area contributed by atoms with Crippen LogP contribution in [0.3, 0.4) is 0 Å². The van der Waals surface area contributed by atoms with Gasteiger partial charge in [-0.25, -0.2) is 9.78 Å². The number of imidazole rings is 1. The molecule has 19 heavy (non-hydrogen) atoms. The van der Waals surface area contributed by atoms with E-state index in [2.05, 4.69) is 4.98 Å². The Hall–Kier alpha value is -1.88. The van der Waals surface area contributed by atoms with Gasteiger partial charge < -0.3 is 9.84 Å². The van der Waals surface area contributed by atoms with Crippen LogP contribution < -0.4 is 0 Å². The number of nitrogens with zero attached hydrogens (tertiary/aromatic N) is 2. The van der Waals surface area contributed by atoms with Gasteiger partial charge in [-0.15, -0.1) is 0 Å². The summed E-state index contributed by atoms with van der Waals surface area (Å²) in [7, 11) is 0. The molecule has 0 bridgehead atoms. The first-order chi connectivity index (χ1) is 9.24. The predicted molar refractivity (Wildman–Crippen MR) is 69.4 cm³/mol. The summed E-state index contributed by atoms with van der Waals surface area (Å²) in [5, 5.41) is 9.15. The first-order valence-corrected chi connectivity index (χ1v) is 6.52. The zero-order valence-corrected chi connectivity index (χ0v) is 10.6. The van der Waals surface area contributed by atoms with E-state index in [1.165, 1.54) is 0 Å². The van der Waals surface area contributed by atoms with Crippen LogP contribution in [0.2, 0.25) is 0 Å². The van der Waals surface area contributed by atoms with Gasteiger partial charge >= 0.3 is 5.97 Å². The number of aromatic nitrogens is 2. The van der Waals surface area contributed by atoms with Crippen molar-refractivity contribution in [2.24, 2.45) is 5.92 Å². The van der Waals surface area contributed by atoms with E-state index in [1.54, 1.807) is 16.5 Å². The average molecular weight is 260 g/mol. The Morgan fingerprint density at radius 3 is 2.95 bits per heavy atom. The highest BCUT2D eigenvalue weighted by Crippen LogP contribution is 2.20. The van der Waals surface area contributed by atoms with Crippen molar-refractivity contribution >= 4 is 11.6 Å². The maximum atomic E-state index is 11.1. The number of carboxylic acid groups (broad SMARTS) is 1. The SMILES string of the molecule is O=C(O)c1cccc2nc(CC3CCOCC3)cn12. The van der Waals surface area contributed by atoms with Gasteiger partial charge in [0.25, 0.3) is 0 Å². The minimum absolute atomic E-state index is 0.253. The van der Waals surface area contributed by atoms with Crippen molar-refractivity contribution in [2.75, 3.05) is 13.2 Å². The lowest BCUT2D eigenvalue weighted by Crippen LogP contribution is -2.17. The summed E-state index contributed by atoms with van der Waals surface area (Å²) in [6.45, 7) is 1.64. The standard InChI is InChI=1S/C14H16N2O3/c17-14(18)12-2-1-3-13-15-11(9-16(12)13)8-10-4-6-19-7-5-10/h1-3,9-10H,4-8H2,(H,17,18). The Kier molecular flexibility index (Phi) is 3.21. The van der Waals surface area contributed by atoms with E-state index in [0.29, 0.717) is 11.6 Å². The molecule has 5 nitrogen and oxygen atoms in total. The van der Waals surface area contributed by atoms with Crippen LogP contribution in [0, 0.1) is 5.92 Å². The average Bonchev–Trinajstić information content (AvgIpc) is 2.81. The van der Waals surface area contributed by atoms with Gasteiger partial charge in [-0.2, -0.15) is 0 Å². The highest BCUT2D eigenvalue weighted by molar-refractivity contribution is 5.86. The minimum atomic E-state index is -0.930. The second kappa shape index (κ2) is 5.01. The Morgan fingerprint density at radius 2 is 2.21 bits per heavy atom. The third kappa shape index (κ3) is 2.46. The highest BCUT2D eigenvalue weighted by atomic mass is 16.5. The fraction of sp³-hybridized carbons (Fsp3) is 0.429. The number of fused-ring (bicyclic) bond motifs is 1. The molecule has 1 aliphatic heterocycles. The molecule has 1 aliphatic rings. The molecule has 3 heterocycles. The topological polar surface area (TPSA) is 63.8 Å². The molecule has 0 spiro atoms. The number of ether oxygens (including phenoxy) is 1. The Morgan fingerprint density at radius 1 is 1.42 bits per heavy atom.